The van der Waals surface area contributed by atoms with Gasteiger partial charge in [-0.25, -0.2) is 9.18 Å². The Bertz CT molecular complexity index is 913. The van der Waals surface area contributed by atoms with Gasteiger partial charge in [0.05, 0.1) is 6.54 Å². The highest BCUT2D eigenvalue weighted by Gasteiger charge is 2.24. The molecule has 2 aromatic carbocycles. The predicted octanol–water partition coefficient (Wildman–Crippen LogP) is 2.00. The summed E-state index contributed by atoms with van der Waals surface area (Å²) in [6, 6.07) is 9.94. The molecule has 1 atom stereocenters. The normalized spacial score (nSPS) is 13.6. The molecule has 0 radical (unpaired) electrons. The van der Waals surface area contributed by atoms with Gasteiger partial charge in [0.2, 0.25) is 12.0 Å². The highest BCUT2D eigenvalue weighted by molar-refractivity contribution is 5.98. The first-order valence-electron chi connectivity index (χ1n) is 8.69. The number of anilines is 1. The first-order chi connectivity index (χ1) is 13.3. The molecule has 8 heteroatoms. The van der Waals surface area contributed by atoms with Crippen LogP contribution in [0.2, 0.25) is 0 Å². The summed E-state index contributed by atoms with van der Waals surface area (Å²) in [6.07, 6.45) is -0.668. The Morgan fingerprint density at radius 3 is 2.57 bits per heavy atom. The van der Waals surface area contributed by atoms with Gasteiger partial charge in [-0.05, 0) is 54.4 Å². The molecule has 0 aromatic heterocycles. The highest BCUT2D eigenvalue weighted by Crippen LogP contribution is 2.28. The number of carbonyl (C=O) groups is 3. The number of carboxylic acids is 1. The van der Waals surface area contributed by atoms with Crippen molar-refractivity contribution in [1.29, 1.82) is 0 Å². The van der Waals surface area contributed by atoms with Crippen LogP contribution < -0.4 is 15.0 Å². The van der Waals surface area contributed by atoms with Gasteiger partial charge in [0.1, 0.15) is 11.6 Å². The van der Waals surface area contributed by atoms with E-state index in [9.17, 15) is 23.9 Å². The van der Waals surface area contributed by atoms with E-state index in [1.165, 1.54) is 19.1 Å². The lowest BCUT2D eigenvalue weighted by atomic mass is 10.1. The Balaban J connectivity index is 1.64. The third-order valence-electron chi connectivity index (χ3n) is 4.43. The lowest BCUT2D eigenvalue weighted by Gasteiger charge is -2.17. The van der Waals surface area contributed by atoms with E-state index < -0.39 is 23.8 Å². The number of carboxylic acid groups (broad SMARTS) is 1. The van der Waals surface area contributed by atoms with Crippen LogP contribution in [0.4, 0.5) is 10.1 Å². The molecular weight excluding hydrogens is 367 g/mol. The number of hydrogen-bond acceptors (Lipinski definition) is 4. The first kappa shape index (κ1) is 19.3. The molecule has 1 aliphatic rings. The fraction of sp³-hybridized carbons (Fsp3) is 0.250. The van der Waals surface area contributed by atoms with E-state index >= 15 is 0 Å². The van der Waals surface area contributed by atoms with Crippen molar-refractivity contribution < 1.29 is 28.6 Å². The molecular formula is C20H19FN2O5. The zero-order valence-corrected chi connectivity index (χ0v) is 15.1. The summed E-state index contributed by atoms with van der Waals surface area (Å²) >= 11 is 0. The summed E-state index contributed by atoms with van der Waals surface area (Å²) in [7, 11) is 0. The number of rotatable bonds is 6. The maximum Gasteiger partial charge on any atom is 0.346 e. The number of ether oxygens (including phenoxy) is 1. The van der Waals surface area contributed by atoms with Gasteiger partial charge >= 0.3 is 5.97 Å². The Labute approximate surface area is 160 Å². The van der Waals surface area contributed by atoms with Gasteiger partial charge in [-0.3, -0.25) is 9.59 Å². The van der Waals surface area contributed by atoms with Gasteiger partial charge in [0.15, 0.2) is 0 Å². The SMILES string of the molecule is CC(=O)N1CCc2cc(C(=O)NCC(Oc3ccc(F)cc3)C(=O)O)ccc21. The molecule has 146 valence electrons. The second-order valence-electron chi connectivity index (χ2n) is 6.37. The number of benzene rings is 2. The van der Waals surface area contributed by atoms with Crippen molar-refractivity contribution in [3.63, 3.8) is 0 Å². The molecule has 7 nitrogen and oxygen atoms in total. The van der Waals surface area contributed by atoms with E-state index in [2.05, 4.69) is 5.32 Å². The van der Waals surface area contributed by atoms with Gasteiger partial charge in [-0.1, -0.05) is 0 Å². The Morgan fingerprint density at radius 1 is 1.21 bits per heavy atom. The lowest BCUT2D eigenvalue weighted by Crippen LogP contribution is -2.40. The van der Waals surface area contributed by atoms with E-state index in [0.717, 1.165) is 23.4 Å². The summed E-state index contributed by atoms with van der Waals surface area (Å²) in [5, 5.41) is 11.8. The fourth-order valence-corrected chi connectivity index (χ4v) is 3.01. The number of nitrogens with zero attached hydrogens (tertiary/aromatic N) is 1. The molecule has 0 aliphatic carbocycles. The number of aliphatic carboxylic acids is 1. The van der Waals surface area contributed by atoms with Crippen molar-refractivity contribution >= 4 is 23.5 Å². The Kier molecular flexibility index (Phi) is 5.58. The van der Waals surface area contributed by atoms with Crippen LogP contribution in [0.1, 0.15) is 22.8 Å². The topological polar surface area (TPSA) is 95.9 Å². The molecule has 1 unspecified atom stereocenters. The second kappa shape index (κ2) is 8.08. The minimum absolute atomic E-state index is 0.0572. The largest absolute Gasteiger partial charge is 0.478 e. The molecule has 2 amide bonds. The van der Waals surface area contributed by atoms with Crippen molar-refractivity contribution in [3.05, 3.63) is 59.4 Å². The average Bonchev–Trinajstić information content (AvgIpc) is 3.09. The standard InChI is InChI=1S/C20H19FN2O5/c1-12(24)23-9-8-13-10-14(2-7-17(13)23)19(25)22-11-18(20(26)27)28-16-5-3-15(21)4-6-16/h2-7,10,18H,8-9,11H2,1H3,(H,22,25)(H,26,27). The van der Waals surface area contributed by atoms with E-state index in [4.69, 9.17) is 4.74 Å². The van der Waals surface area contributed by atoms with Crippen LogP contribution in [0, 0.1) is 5.82 Å². The molecule has 2 aromatic rings. The highest BCUT2D eigenvalue weighted by atomic mass is 19.1. The number of fused-ring (bicyclic) bond motifs is 1. The van der Waals surface area contributed by atoms with Gasteiger partial charge in [-0.15, -0.1) is 0 Å². The van der Waals surface area contributed by atoms with Crippen LogP contribution in [0.3, 0.4) is 0 Å². The van der Waals surface area contributed by atoms with Crippen molar-refractivity contribution in [2.75, 3.05) is 18.0 Å². The fourth-order valence-electron chi connectivity index (χ4n) is 3.01. The number of carbonyl (C=O) groups excluding carboxylic acids is 2. The van der Waals surface area contributed by atoms with Crippen LogP contribution in [0.25, 0.3) is 0 Å². The van der Waals surface area contributed by atoms with E-state index in [-0.39, 0.29) is 18.2 Å². The molecule has 2 N–H and O–H groups in total. The monoisotopic (exact) mass is 386 g/mol. The number of hydrogen-bond donors (Lipinski definition) is 2. The molecule has 28 heavy (non-hydrogen) atoms. The quantitative estimate of drug-likeness (QED) is 0.792. The summed E-state index contributed by atoms with van der Waals surface area (Å²) in [4.78, 5) is 37.0. The summed E-state index contributed by atoms with van der Waals surface area (Å²) in [5.74, 6) is -2.04. The summed E-state index contributed by atoms with van der Waals surface area (Å²) in [6.45, 7) is 1.80. The smallest absolute Gasteiger partial charge is 0.346 e. The summed E-state index contributed by atoms with van der Waals surface area (Å²) in [5.41, 5.74) is 2.04. The zero-order valence-electron chi connectivity index (χ0n) is 15.1. The second-order valence-corrected chi connectivity index (χ2v) is 6.37. The van der Waals surface area contributed by atoms with Crippen molar-refractivity contribution in [3.8, 4) is 5.75 Å². The molecule has 1 aliphatic heterocycles. The molecule has 0 spiro atoms. The molecule has 0 saturated heterocycles. The minimum atomic E-state index is -1.32. The molecule has 3 rings (SSSR count). The molecule has 0 saturated carbocycles. The van der Waals surface area contributed by atoms with Crippen molar-refractivity contribution in [2.24, 2.45) is 0 Å². The first-order valence-corrected chi connectivity index (χ1v) is 8.69. The summed E-state index contributed by atoms with van der Waals surface area (Å²) < 4.78 is 18.2. The predicted molar refractivity (Wildman–Crippen MR) is 99.0 cm³/mol. The van der Waals surface area contributed by atoms with Crippen LogP contribution in [0.15, 0.2) is 42.5 Å². The third-order valence-corrected chi connectivity index (χ3v) is 4.43. The van der Waals surface area contributed by atoms with Crippen molar-refractivity contribution in [1.82, 2.24) is 5.32 Å². The van der Waals surface area contributed by atoms with Gasteiger partial charge in [-0.2, -0.15) is 0 Å². The maximum absolute atomic E-state index is 12.9. The number of amides is 2. The van der Waals surface area contributed by atoms with Gasteiger partial charge in [0.25, 0.3) is 5.91 Å². The Hall–Kier alpha value is -3.42. The molecule has 1 heterocycles. The van der Waals surface area contributed by atoms with E-state index in [1.807, 2.05) is 0 Å². The molecule has 0 bridgehead atoms. The zero-order chi connectivity index (χ0) is 20.3. The van der Waals surface area contributed by atoms with Crippen LogP contribution in [-0.4, -0.2) is 42.1 Å². The molecule has 0 fully saturated rings. The van der Waals surface area contributed by atoms with E-state index in [0.29, 0.717) is 18.5 Å². The van der Waals surface area contributed by atoms with Gasteiger partial charge in [0, 0.05) is 24.7 Å². The van der Waals surface area contributed by atoms with Crippen LogP contribution in [-0.2, 0) is 16.0 Å². The minimum Gasteiger partial charge on any atom is -0.478 e. The van der Waals surface area contributed by atoms with E-state index in [1.54, 1.807) is 23.1 Å². The van der Waals surface area contributed by atoms with Crippen LogP contribution in [0.5, 0.6) is 5.75 Å². The third kappa shape index (κ3) is 4.28. The number of nitrogens with one attached hydrogen (secondary N) is 1. The lowest BCUT2D eigenvalue weighted by molar-refractivity contribution is -0.144. The van der Waals surface area contributed by atoms with Gasteiger partial charge < -0.3 is 20.1 Å². The van der Waals surface area contributed by atoms with Crippen LogP contribution >= 0.6 is 0 Å². The maximum atomic E-state index is 12.9. The average molecular weight is 386 g/mol. The number of halogens is 1. The van der Waals surface area contributed by atoms with Crippen molar-refractivity contribution in [2.45, 2.75) is 19.4 Å². The Morgan fingerprint density at radius 2 is 1.93 bits per heavy atom.